The molecule has 28 heavy (non-hydrogen) atoms. The zero-order chi connectivity index (χ0) is 20.3. The minimum Gasteiger partial charge on any atom is -0.197 e. The van der Waals surface area contributed by atoms with Crippen LogP contribution in [0.15, 0.2) is 54.7 Å². The van der Waals surface area contributed by atoms with Crippen molar-refractivity contribution in [3.63, 3.8) is 0 Å². The molecule has 1 nitrogen and oxygen atoms in total. The first kappa shape index (κ1) is 20.3. The van der Waals surface area contributed by atoms with Crippen LogP contribution in [0.3, 0.4) is 0 Å². The van der Waals surface area contributed by atoms with Gasteiger partial charge >= 0.3 is 0 Å². The molecule has 2 heterocycles. The molecule has 0 saturated heterocycles. The molecule has 0 N–H and O–H groups in total. The third-order valence-electron chi connectivity index (χ3n) is 5.73. The van der Waals surface area contributed by atoms with Crippen molar-refractivity contribution in [3.8, 4) is 0 Å². The number of pyridine rings is 1. The molecule has 1 unspecified atom stereocenters. The smallest absolute Gasteiger partial charge is 0.197 e. The van der Waals surface area contributed by atoms with Crippen molar-refractivity contribution in [2.24, 2.45) is 0 Å². The van der Waals surface area contributed by atoms with Crippen molar-refractivity contribution in [2.75, 3.05) is 0 Å². The maximum absolute atomic E-state index is 2.48. The van der Waals surface area contributed by atoms with Gasteiger partial charge in [0.25, 0.3) is 0 Å². The van der Waals surface area contributed by atoms with Crippen molar-refractivity contribution in [3.05, 3.63) is 99.4 Å². The van der Waals surface area contributed by atoms with Crippen molar-refractivity contribution in [1.29, 1.82) is 0 Å². The molecule has 0 spiro atoms. The summed E-state index contributed by atoms with van der Waals surface area (Å²) in [6, 6.07) is 18.3. The molecule has 0 fully saturated rings. The van der Waals surface area contributed by atoms with Crippen LogP contribution in [0.25, 0.3) is 0 Å². The number of aromatic nitrogens is 1. The van der Waals surface area contributed by atoms with Gasteiger partial charge in [0.05, 0.1) is 5.92 Å². The largest absolute Gasteiger partial charge is 0.197 e. The average Bonchev–Trinajstić information content (AvgIpc) is 2.78. The van der Waals surface area contributed by atoms with Gasteiger partial charge < -0.3 is 0 Å². The van der Waals surface area contributed by atoms with Gasteiger partial charge in [-0.1, -0.05) is 77.9 Å². The van der Waals surface area contributed by atoms with E-state index in [9.17, 15) is 0 Å². The molecule has 3 aliphatic rings. The molecule has 1 aromatic heterocycles. The number of hydrogen-bond acceptors (Lipinski definition) is 0. The van der Waals surface area contributed by atoms with E-state index in [0.29, 0.717) is 5.92 Å². The molecule has 2 aromatic carbocycles. The van der Waals surface area contributed by atoms with E-state index in [1.165, 1.54) is 27.8 Å². The quantitative estimate of drug-likeness (QED) is 0.271. The number of rotatable bonds is 0. The van der Waals surface area contributed by atoms with E-state index in [0.717, 1.165) is 19.4 Å². The van der Waals surface area contributed by atoms with Crippen molar-refractivity contribution >= 4 is 0 Å². The number of benzene rings is 2. The van der Waals surface area contributed by atoms with E-state index in [1.807, 2.05) is 41.5 Å². The van der Waals surface area contributed by atoms with Gasteiger partial charge in [-0.05, 0) is 40.3 Å². The van der Waals surface area contributed by atoms with E-state index >= 15 is 0 Å². The van der Waals surface area contributed by atoms with Crippen LogP contribution in [-0.4, -0.2) is 0 Å². The molecular formula is C27H34N+. The Bertz CT molecular complexity index is 780. The second kappa shape index (κ2) is 8.73. The zero-order valence-electron chi connectivity index (χ0n) is 18.3. The molecule has 2 aliphatic carbocycles. The lowest BCUT2D eigenvalue weighted by atomic mass is 9.67. The average molecular weight is 373 g/mol. The van der Waals surface area contributed by atoms with Gasteiger partial charge in [-0.25, -0.2) is 0 Å². The molecule has 6 rings (SSSR count). The first-order valence-corrected chi connectivity index (χ1v) is 11.1. The van der Waals surface area contributed by atoms with Crippen LogP contribution in [0.5, 0.6) is 0 Å². The SMILES string of the molecule is CC.CC.CC.c1cc2c3c(c1)Cc1ccc[n+]4c1C3c1c(cccc1C4)C2. The summed E-state index contributed by atoms with van der Waals surface area (Å²) in [6.07, 6.45) is 4.45. The summed E-state index contributed by atoms with van der Waals surface area (Å²) in [4.78, 5) is 0. The monoisotopic (exact) mass is 372 g/mol. The highest BCUT2D eigenvalue weighted by atomic mass is 15.0. The third-order valence-corrected chi connectivity index (χ3v) is 5.73. The first-order valence-electron chi connectivity index (χ1n) is 11.1. The Balaban J connectivity index is 0.000000346. The zero-order valence-corrected chi connectivity index (χ0v) is 18.3. The lowest BCUT2D eigenvalue weighted by molar-refractivity contribution is -0.699. The maximum Gasteiger partial charge on any atom is 0.197 e. The topological polar surface area (TPSA) is 3.88 Å². The molecule has 0 radical (unpaired) electrons. The number of nitrogens with zero attached hydrogens (tertiary/aromatic N) is 1. The van der Waals surface area contributed by atoms with E-state index in [-0.39, 0.29) is 0 Å². The highest BCUT2D eigenvalue weighted by molar-refractivity contribution is 5.62. The van der Waals surface area contributed by atoms with Gasteiger partial charge in [-0.2, -0.15) is 4.57 Å². The normalized spacial score (nSPS) is 15.4. The van der Waals surface area contributed by atoms with Crippen LogP contribution >= 0.6 is 0 Å². The van der Waals surface area contributed by atoms with Crippen LogP contribution in [0.4, 0.5) is 0 Å². The summed E-state index contributed by atoms with van der Waals surface area (Å²) in [6.45, 7) is 13.0. The Hall–Kier alpha value is -2.41. The fraction of sp³-hybridized carbons (Fsp3) is 0.370. The second-order valence-corrected chi connectivity index (χ2v) is 6.81. The first-order chi connectivity index (χ1) is 13.9. The fourth-order valence-corrected chi connectivity index (χ4v) is 4.94. The molecule has 0 bridgehead atoms. The van der Waals surface area contributed by atoms with E-state index in [1.54, 1.807) is 16.8 Å². The highest BCUT2D eigenvalue weighted by Crippen LogP contribution is 2.48. The summed E-state index contributed by atoms with van der Waals surface area (Å²) in [5, 5.41) is 0. The molecule has 146 valence electrons. The molecule has 1 aliphatic heterocycles. The van der Waals surface area contributed by atoms with Gasteiger partial charge in [-0.15, -0.1) is 0 Å². The van der Waals surface area contributed by atoms with E-state index in [4.69, 9.17) is 0 Å². The van der Waals surface area contributed by atoms with Gasteiger partial charge in [0.2, 0.25) is 0 Å². The van der Waals surface area contributed by atoms with Crippen LogP contribution in [-0.2, 0) is 19.4 Å². The second-order valence-electron chi connectivity index (χ2n) is 6.81. The maximum atomic E-state index is 2.48. The lowest BCUT2D eigenvalue weighted by Crippen LogP contribution is -2.47. The summed E-state index contributed by atoms with van der Waals surface area (Å²) in [7, 11) is 0. The van der Waals surface area contributed by atoms with Gasteiger partial charge in [0.15, 0.2) is 18.4 Å². The highest BCUT2D eigenvalue weighted by Gasteiger charge is 2.43. The molecule has 0 saturated carbocycles. The van der Waals surface area contributed by atoms with E-state index < -0.39 is 0 Å². The van der Waals surface area contributed by atoms with Crippen LogP contribution < -0.4 is 4.57 Å². The Kier molecular flexibility index (Phi) is 6.34. The lowest BCUT2D eigenvalue weighted by Gasteiger charge is -2.36. The predicted octanol–water partition coefficient (Wildman–Crippen LogP) is 6.40. The van der Waals surface area contributed by atoms with Crippen molar-refractivity contribution in [1.82, 2.24) is 0 Å². The van der Waals surface area contributed by atoms with Gasteiger partial charge in [0, 0.05) is 23.6 Å². The summed E-state index contributed by atoms with van der Waals surface area (Å²) in [5.74, 6) is 0.463. The van der Waals surface area contributed by atoms with Crippen LogP contribution in [0.2, 0.25) is 0 Å². The summed E-state index contributed by atoms with van der Waals surface area (Å²) < 4.78 is 2.48. The minimum atomic E-state index is 0.463. The van der Waals surface area contributed by atoms with Crippen molar-refractivity contribution in [2.45, 2.75) is 66.8 Å². The Morgan fingerprint density at radius 3 is 1.68 bits per heavy atom. The molecular weight excluding hydrogens is 338 g/mol. The predicted molar refractivity (Wildman–Crippen MR) is 119 cm³/mol. The molecule has 1 heteroatoms. The minimum absolute atomic E-state index is 0.463. The van der Waals surface area contributed by atoms with Gasteiger partial charge in [0.1, 0.15) is 0 Å². The summed E-state index contributed by atoms with van der Waals surface area (Å²) >= 11 is 0. The summed E-state index contributed by atoms with van der Waals surface area (Å²) in [5.41, 5.74) is 12.4. The Labute approximate surface area is 171 Å². The van der Waals surface area contributed by atoms with Crippen LogP contribution in [0.1, 0.15) is 92.1 Å². The number of hydrogen-bond donors (Lipinski definition) is 0. The standard InChI is InChI=1S/C21H16N.3C2H6/c1-4-13-10-14-6-2-7-17-12-22-9-3-8-16-11-15(5-1)18(13)20(19(14)17)21(16)22;3*1-2/h1-9,20H,10-12H2;3*1-2H3/q+1;;;. The van der Waals surface area contributed by atoms with Crippen LogP contribution in [0, 0.1) is 0 Å². The Morgan fingerprint density at radius 2 is 1.07 bits per heavy atom. The Morgan fingerprint density at radius 1 is 0.607 bits per heavy atom. The molecule has 3 aromatic rings. The van der Waals surface area contributed by atoms with Gasteiger partial charge in [-0.3, -0.25) is 0 Å². The fourth-order valence-electron chi connectivity index (χ4n) is 4.94. The molecule has 0 amide bonds. The van der Waals surface area contributed by atoms with E-state index in [2.05, 4.69) is 59.3 Å². The van der Waals surface area contributed by atoms with Crippen molar-refractivity contribution < 1.29 is 4.57 Å². The molecule has 1 atom stereocenters. The third kappa shape index (κ3) is 2.98.